The minimum atomic E-state index is -3.69. The smallest absolute Gasteiger partial charge is 0.223 e. The standard InChI is InChI=1S/C13H15NO2S/c1-11-5-7-12(8-6-11)13(17(14,15)16)9-3-2-4-10-13/h2-9H,10H2,1H3,(H2,14,15,16). The van der Waals surface area contributed by atoms with Gasteiger partial charge in [0.2, 0.25) is 10.0 Å². The van der Waals surface area contributed by atoms with Gasteiger partial charge in [-0.3, -0.25) is 0 Å². The second kappa shape index (κ2) is 4.13. The molecule has 1 aliphatic carbocycles. The number of aryl methyl sites for hydroxylation is 1. The van der Waals surface area contributed by atoms with Crippen LogP contribution in [0.3, 0.4) is 0 Å². The highest BCUT2D eigenvalue weighted by atomic mass is 32.2. The van der Waals surface area contributed by atoms with E-state index in [0.29, 0.717) is 12.0 Å². The lowest BCUT2D eigenvalue weighted by Gasteiger charge is -2.29. The van der Waals surface area contributed by atoms with Gasteiger partial charge in [-0.2, -0.15) is 0 Å². The van der Waals surface area contributed by atoms with Crippen LogP contribution < -0.4 is 5.14 Å². The van der Waals surface area contributed by atoms with Crippen molar-refractivity contribution in [1.82, 2.24) is 0 Å². The Morgan fingerprint density at radius 3 is 2.29 bits per heavy atom. The van der Waals surface area contributed by atoms with E-state index in [9.17, 15) is 8.42 Å². The first-order chi connectivity index (χ1) is 7.96. The maximum Gasteiger partial charge on any atom is 0.223 e. The van der Waals surface area contributed by atoms with Crippen LogP contribution in [-0.4, -0.2) is 8.42 Å². The molecule has 0 saturated heterocycles. The number of benzene rings is 1. The SMILES string of the molecule is Cc1ccc(C2(S(N)(=O)=O)C=CC=CC2)cc1. The molecular formula is C13H15NO2S. The van der Waals surface area contributed by atoms with Crippen LogP contribution in [0, 0.1) is 6.92 Å². The van der Waals surface area contributed by atoms with Gasteiger partial charge < -0.3 is 0 Å². The summed E-state index contributed by atoms with van der Waals surface area (Å²) in [5.41, 5.74) is 1.81. The zero-order valence-corrected chi connectivity index (χ0v) is 10.4. The van der Waals surface area contributed by atoms with Crippen molar-refractivity contribution in [3.63, 3.8) is 0 Å². The van der Waals surface area contributed by atoms with Gasteiger partial charge >= 0.3 is 0 Å². The van der Waals surface area contributed by atoms with E-state index in [0.717, 1.165) is 5.56 Å². The third-order valence-corrected chi connectivity index (χ3v) is 4.64. The Kier molecular flexibility index (Phi) is 2.93. The molecule has 1 aromatic rings. The maximum absolute atomic E-state index is 11.9. The van der Waals surface area contributed by atoms with Crippen LogP contribution in [0.15, 0.2) is 48.6 Å². The molecule has 17 heavy (non-hydrogen) atoms. The van der Waals surface area contributed by atoms with Crippen molar-refractivity contribution in [3.8, 4) is 0 Å². The van der Waals surface area contributed by atoms with Crippen LogP contribution >= 0.6 is 0 Å². The molecule has 1 atom stereocenters. The van der Waals surface area contributed by atoms with E-state index < -0.39 is 14.8 Å². The lowest BCUT2D eigenvalue weighted by molar-refractivity contribution is 0.559. The Labute approximate surface area is 102 Å². The van der Waals surface area contributed by atoms with Gasteiger partial charge in [-0.15, -0.1) is 0 Å². The molecule has 0 amide bonds. The van der Waals surface area contributed by atoms with Crippen molar-refractivity contribution in [3.05, 3.63) is 59.7 Å². The van der Waals surface area contributed by atoms with Gasteiger partial charge in [0.25, 0.3) is 0 Å². The van der Waals surface area contributed by atoms with Crippen LogP contribution in [0.4, 0.5) is 0 Å². The molecule has 0 aromatic heterocycles. The minimum absolute atomic E-state index is 0.380. The number of primary sulfonamides is 1. The summed E-state index contributed by atoms with van der Waals surface area (Å²) in [7, 11) is -3.69. The number of hydrogen-bond acceptors (Lipinski definition) is 2. The summed E-state index contributed by atoms with van der Waals surface area (Å²) in [5, 5.41) is 5.40. The largest absolute Gasteiger partial charge is 0.228 e. The molecule has 0 bridgehead atoms. The molecule has 1 unspecified atom stereocenters. The highest BCUT2D eigenvalue weighted by Crippen LogP contribution is 2.36. The monoisotopic (exact) mass is 249 g/mol. The third-order valence-electron chi connectivity index (χ3n) is 3.08. The first kappa shape index (κ1) is 12.1. The average Bonchev–Trinajstić information content (AvgIpc) is 2.29. The van der Waals surface area contributed by atoms with Crippen LogP contribution in [0.5, 0.6) is 0 Å². The van der Waals surface area contributed by atoms with Crippen molar-refractivity contribution >= 4 is 10.0 Å². The zero-order chi connectivity index (χ0) is 12.5. The Morgan fingerprint density at radius 1 is 1.18 bits per heavy atom. The van der Waals surface area contributed by atoms with Crippen LogP contribution in [0.1, 0.15) is 17.5 Å². The highest BCUT2D eigenvalue weighted by molar-refractivity contribution is 7.90. The van der Waals surface area contributed by atoms with E-state index in [-0.39, 0.29) is 0 Å². The minimum Gasteiger partial charge on any atom is -0.228 e. The highest BCUT2D eigenvalue weighted by Gasteiger charge is 2.40. The normalized spacial score (nSPS) is 23.9. The van der Waals surface area contributed by atoms with Gasteiger partial charge in [-0.05, 0) is 18.9 Å². The van der Waals surface area contributed by atoms with E-state index >= 15 is 0 Å². The van der Waals surface area contributed by atoms with Crippen molar-refractivity contribution < 1.29 is 8.42 Å². The van der Waals surface area contributed by atoms with Crippen molar-refractivity contribution in [2.45, 2.75) is 18.1 Å². The summed E-state index contributed by atoms with van der Waals surface area (Å²) < 4.78 is 22.7. The summed E-state index contributed by atoms with van der Waals surface area (Å²) in [4.78, 5) is 0. The molecule has 4 heteroatoms. The first-order valence-corrected chi connectivity index (χ1v) is 6.94. The summed E-state index contributed by atoms with van der Waals surface area (Å²) in [6.07, 6.45) is 7.42. The van der Waals surface area contributed by atoms with Crippen LogP contribution in [0.2, 0.25) is 0 Å². The Balaban J connectivity index is 2.60. The molecule has 0 fully saturated rings. The number of nitrogens with two attached hydrogens (primary N) is 1. The number of allylic oxidation sites excluding steroid dienone is 3. The third kappa shape index (κ3) is 2.06. The maximum atomic E-state index is 11.9. The van der Waals surface area contributed by atoms with Gasteiger partial charge in [0.05, 0.1) is 0 Å². The summed E-state index contributed by atoms with van der Waals surface area (Å²) in [6, 6.07) is 7.44. The van der Waals surface area contributed by atoms with E-state index in [2.05, 4.69) is 0 Å². The zero-order valence-electron chi connectivity index (χ0n) is 9.63. The van der Waals surface area contributed by atoms with E-state index in [1.807, 2.05) is 43.3 Å². The van der Waals surface area contributed by atoms with Crippen molar-refractivity contribution in [1.29, 1.82) is 0 Å². The molecule has 1 aliphatic rings. The molecule has 0 radical (unpaired) electrons. The number of rotatable bonds is 2. The lowest BCUT2D eigenvalue weighted by atomic mass is 9.91. The second-order valence-electron chi connectivity index (χ2n) is 4.29. The average molecular weight is 249 g/mol. The quantitative estimate of drug-likeness (QED) is 0.871. The molecule has 0 aliphatic heterocycles. The van der Waals surface area contributed by atoms with Gasteiger partial charge in [0, 0.05) is 0 Å². The fourth-order valence-corrected chi connectivity index (χ4v) is 3.09. The van der Waals surface area contributed by atoms with Crippen LogP contribution in [0.25, 0.3) is 0 Å². The molecule has 2 N–H and O–H groups in total. The Hall–Kier alpha value is -1.39. The number of sulfonamides is 1. The molecular weight excluding hydrogens is 234 g/mol. The fourth-order valence-electron chi connectivity index (χ4n) is 2.03. The molecule has 0 saturated carbocycles. The lowest BCUT2D eigenvalue weighted by Crippen LogP contribution is -2.39. The summed E-state index contributed by atoms with van der Waals surface area (Å²) in [6.45, 7) is 1.96. The van der Waals surface area contributed by atoms with Crippen molar-refractivity contribution in [2.24, 2.45) is 5.14 Å². The van der Waals surface area contributed by atoms with Gasteiger partial charge in [-0.1, -0.05) is 54.1 Å². The first-order valence-electron chi connectivity index (χ1n) is 5.40. The predicted octanol–water partition coefficient (Wildman–Crippen LogP) is 1.99. The Morgan fingerprint density at radius 2 is 1.82 bits per heavy atom. The molecule has 1 aromatic carbocycles. The topological polar surface area (TPSA) is 60.2 Å². The van der Waals surface area contributed by atoms with Crippen molar-refractivity contribution in [2.75, 3.05) is 0 Å². The molecule has 90 valence electrons. The van der Waals surface area contributed by atoms with Gasteiger partial charge in [0.15, 0.2) is 0 Å². The second-order valence-corrected chi connectivity index (χ2v) is 6.11. The van der Waals surface area contributed by atoms with Gasteiger partial charge in [-0.25, -0.2) is 13.6 Å². The molecule has 0 spiro atoms. The summed E-state index contributed by atoms with van der Waals surface area (Å²) >= 11 is 0. The van der Waals surface area contributed by atoms with Gasteiger partial charge in [0.1, 0.15) is 4.75 Å². The molecule has 3 nitrogen and oxygen atoms in total. The fraction of sp³-hybridized carbons (Fsp3) is 0.231. The van der Waals surface area contributed by atoms with E-state index in [1.54, 1.807) is 12.2 Å². The summed E-state index contributed by atoms with van der Waals surface area (Å²) in [5.74, 6) is 0. The molecule has 0 heterocycles. The Bertz CT molecular complexity index is 570. The van der Waals surface area contributed by atoms with E-state index in [1.165, 1.54) is 0 Å². The van der Waals surface area contributed by atoms with E-state index in [4.69, 9.17) is 5.14 Å². The number of hydrogen-bond donors (Lipinski definition) is 1. The molecule has 2 rings (SSSR count). The predicted molar refractivity (Wildman–Crippen MR) is 68.9 cm³/mol. The van der Waals surface area contributed by atoms with Crippen LogP contribution in [-0.2, 0) is 14.8 Å².